The molecule has 0 radical (unpaired) electrons. The fourth-order valence-electron chi connectivity index (χ4n) is 1.81. The third kappa shape index (κ3) is 7.07. The maximum absolute atomic E-state index is 12.3. The molecule has 0 spiro atoms. The summed E-state index contributed by atoms with van der Waals surface area (Å²) < 4.78 is 87.4. The van der Waals surface area contributed by atoms with Gasteiger partial charge in [-0.3, -0.25) is 4.79 Å². The molecule has 0 atom stereocenters. The number of hydrogen-bond donors (Lipinski definition) is 1. The Bertz CT molecular complexity index is 764. The molecule has 1 amide bonds. The van der Waals surface area contributed by atoms with E-state index in [1.54, 1.807) is 0 Å². The van der Waals surface area contributed by atoms with E-state index in [9.17, 15) is 31.1 Å². The Morgan fingerprint density at radius 2 is 1.52 bits per heavy atom. The predicted octanol–water partition coefficient (Wildman–Crippen LogP) is 4.12. The number of alkyl halides is 6. The lowest BCUT2D eigenvalue weighted by molar-refractivity contribution is -0.153. The van der Waals surface area contributed by atoms with Crippen LogP contribution in [0.15, 0.2) is 28.8 Å². The van der Waals surface area contributed by atoms with Gasteiger partial charge in [-0.1, -0.05) is 5.16 Å². The number of carbonyl (C=O) groups is 1. The minimum absolute atomic E-state index is 0.133. The van der Waals surface area contributed by atoms with Crippen molar-refractivity contribution in [1.82, 2.24) is 5.16 Å². The number of aromatic nitrogens is 1. The molecule has 0 saturated heterocycles. The second-order valence-corrected chi connectivity index (χ2v) is 5.28. The summed E-state index contributed by atoms with van der Waals surface area (Å²) in [6.45, 7) is -1.82. The topological polar surface area (TPSA) is 73.6 Å². The quantitative estimate of drug-likeness (QED) is 0.742. The standard InChI is InChI=1S/C15H12F6N2O4/c1-8-2-12(23-27-8)13(24)22-9-3-10(25-6-14(16,17)18)5-11(4-9)26-7-15(19,20)21/h2-5H,6-7H2,1H3,(H,22,24). The van der Waals surface area contributed by atoms with Crippen LogP contribution >= 0.6 is 0 Å². The van der Waals surface area contributed by atoms with E-state index in [1.807, 2.05) is 0 Å². The van der Waals surface area contributed by atoms with Gasteiger partial charge in [-0.2, -0.15) is 26.3 Å². The molecule has 148 valence electrons. The number of halogens is 6. The Morgan fingerprint density at radius 1 is 1.00 bits per heavy atom. The molecule has 2 aromatic rings. The summed E-state index contributed by atoms with van der Waals surface area (Å²) in [5.41, 5.74) is -0.288. The third-order valence-corrected chi connectivity index (χ3v) is 2.80. The fourth-order valence-corrected chi connectivity index (χ4v) is 1.81. The van der Waals surface area contributed by atoms with Gasteiger partial charge in [-0.15, -0.1) is 0 Å². The largest absolute Gasteiger partial charge is 0.484 e. The second-order valence-electron chi connectivity index (χ2n) is 5.28. The molecule has 0 aliphatic carbocycles. The normalized spacial score (nSPS) is 12.0. The molecular weight excluding hydrogens is 386 g/mol. The van der Waals surface area contributed by atoms with Crippen LogP contribution in [0.25, 0.3) is 0 Å². The van der Waals surface area contributed by atoms with Crippen LogP contribution in [-0.4, -0.2) is 36.6 Å². The highest BCUT2D eigenvalue weighted by Gasteiger charge is 2.30. The molecule has 1 aromatic heterocycles. The number of aryl methyl sites for hydroxylation is 1. The molecule has 27 heavy (non-hydrogen) atoms. The van der Waals surface area contributed by atoms with Crippen molar-refractivity contribution < 1.29 is 45.1 Å². The average molecular weight is 398 g/mol. The Balaban J connectivity index is 2.21. The van der Waals surface area contributed by atoms with E-state index >= 15 is 0 Å². The number of hydrogen-bond acceptors (Lipinski definition) is 5. The van der Waals surface area contributed by atoms with Crippen LogP contribution in [0, 0.1) is 6.92 Å². The van der Waals surface area contributed by atoms with Crippen molar-refractivity contribution in [2.24, 2.45) is 0 Å². The molecular formula is C15H12F6N2O4. The highest BCUT2D eigenvalue weighted by atomic mass is 19.4. The van der Waals surface area contributed by atoms with Crippen molar-refractivity contribution in [3.63, 3.8) is 0 Å². The van der Waals surface area contributed by atoms with E-state index in [-0.39, 0.29) is 11.4 Å². The van der Waals surface area contributed by atoms with E-state index in [0.29, 0.717) is 5.76 Å². The Labute approximate surface area is 148 Å². The number of amides is 1. The summed E-state index contributed by atoms with van der Waals surface area (Å²) in [5.74, 6) is -1.35. The Hall–Kier alpha value is -2.92. The molecule has 2 rings (SSSR count). The minimum Gasteiger partial charge on any atom is -0.484 e. The van der Waals surface area contributed by atoms with E-state index < -0.39 is 43.0 Å². The summed E-state index contributed by atoms with van der Waals surface area (Å²) in [6.07, 6.45) is -9.32. The van der Waals surface area contributed by atoms with Crippen LogP contribution in [0.2, 0.25) is 0 Å². The smallest absolute Gasteiger partial charge is 0.422 e. The van der Waals surface area contributed by atoms with Crippen LogP contribution in [0.5, 0.6) is 11.5 Å². The highest BCUT2D eigenvalue weighted by Crippen LogP contribution is 2.29. The van der Waals surface area contributed by atoms with Gasteiger partial charge in [-0.05, 0) is 6.92 Å². The molecule has 0 bridgehead atoms. The lowest BCUT2D eigenvalue weighted by Gasteiger charge is -2.14. The van der Waals surface area contributed by atoms with E-state index in [1.165, 1.54) is 13.0 Å². The van der Waals surface area contributed by atoms with Gasteiger partial charge >= 0.3 is 12.4 Å². The highest BCUT2D eigenvalue weighted by molar-refractivity contribution is 6.03. The van der Waals surface area contributed by atoms with E-state index in [4.69, 9.17) is 4.52 Å². The number of rotatable bonds is 6. The maximum atomic E-state index is 12.3. The van der Waals surface area contributed by atoms with Gasteiger partial charge in [0.25, 0.3) is 5.91 Å². The van der Waals surface area contributed by atoms with Gasteiger partial charge in [0.05, 0.1) is 0 Å². The summed E-state index contributed by atoms with van der Waals surface area (Å²) in [7, 11) is 0. The number of anilines is 1. The van der Waals surface area contributed by atoms with Gasteiger partial charge in [0.1, 0.15) is 17.3 Å². The molecule has 0 aliphatic rings. The summed E-state index contributed by atoms with van der Waals surface area (Å²) in [5, 5.41) is 5.71. The van der Waals surface area contributed by atoms with Crippen LogP contribution in [0.4, 0.5) is 32.0 Å². The van der Waals surface area contributed by atoms with Gasteiger partial charge in [0.2, 0.25) is 0 Å². The first-order chi connectivity index (χ1) is 12.4. The predicted molar refractivity (Wildman–Crippen MR) is 78.7 cm³/mol. The van der Waals surface area contributed by atoms with Crippen molar-refractivity contribution >= 4 is 11.6 Å². The zero-order valence-corrected chi connectivity index (χ0v) is 13.6. The van der Waals surface area contributed by atoms with E-state index in [0.717, 1.165) is 18.2 Å². The van der Waals surface area contributed by atoms with Crippen molar-refractivity contribution in [2.45, 2.75) is 19.3 Å². The molecule has 0 aliphatic heterocycles. The van der Waals surface area contributed by atoms with Crippen LogP contribution in [-0.2, 0) is 0 Å². The Morgan fingerprint density at radius 3 is 1.93 bits per heavy atom. The molecule has 1 N–H and O–H groups in total. The van der Waals surface area contributed by atoms with Crippen LogP contribution in [0.1, 0.15) is 16.2 Å². The first-order valence-electron chi connectivity index (χ1n) is 7.20. The van der Waals surface area contributed by atoms with E-state index in [2.05, 4.69) is 19.9 Å². The maximum Gasteiger partial charge on any atom is 0.422 e. The number of nitrogens with zero attached hydrogens (tertiary/aromatic N) is 1. The molecule has 12 heteroatoms. The zero-order chi connectivity index (χ0) is 20.2. The SMILES string of the molecule is Cc1cc(C(=O)Nc2cc(OCC(F)(F)F)cc(OCC(F)(F)F)c2)no1. The van der Waals surface area contributed by atoms with Gasteiger partial charge < -0.3 is 19.3 Å². The summed E-state index contributed by atoms with van der Waals surface area (Å²) in [6, 6.07) is 4.13. The van der Waals surface area contributed by atoms with Gasteiger partial charge in [-0.25, -0.2) is 0 Å². The molecule has 0 fully saturated rings. The molecule has 6 nitrogen and oxygen atoms in total. The van der Waals surface area contributed by atoms with Crippen LogP contribution < -0.4 is 14.8 Å². The first-order valence-corrected chi connectivity index (χ1v) is 7.20. The first kappa shape index (κ1) is 20.4. The van der Waals surface area contributed by atoms with Crippen molar-refractivity contribution in [1.29, 1.82) is 0 Å². The number of carbonyl (C=O) groups excluding carboxylic acids is 1. The van der Waals surface area contributed by atoms with Crippen molar-refractivity contribution in [2.75, 3.05) is 18.5 Å². The summed E-state index contributed by atoms with van der Waals surface area (Å²) in [4.78, 5) is 12.0. The van der Waals surface area contributed by atoms with Gasteiger partial charge in [0.15, 0.2) is 18.9 Å². The zero-order valence-electron chi connectivity index (χ0n) is 13.6. The number of ether oxygens (including phenoxy) is 2. The lowest BCUT2D eigenvalue weighted by Crippen LogP contribution is -2.20. The second kappa shape index (κ2) is 7.76. The molecule has 1 heterocycles. The lowest BCUT2D eigenvalue weighted by atomic mass is 10.2. The fraction of sp³-hybridized carbons (Fsp3) is 0.333. The average Bonchev–Trinajstić information content (AvgIpc) is 2.96. The van der Waals surface area contributed by atoms with Gasteiger partial charge in [0, 0.05) is 30.0 Å². The monoisotopic (exact) mass is 398 g/mol. The molecule has 0 saturated carbocycles. The molecule has 0 unspecified atom stereocenters. The minimum atomic E-state index is -4.66. The molecule has 1 aromatic carbocycles. The number of benzene rings is 1. The van der Waals surface area contributed by atoms with Crippen LogP contribution in [0.3, 0.4) is 0 Å². The third-order valence-electron chi connectivity index (χ3n) is 2.80. The van der Waals surface area contributed by atoms with Crippen molar-refractivity contribution in [3.05, 3.63) is 35.7 Å². The van der Waals surface area contributed by atoms with Crippen molar-refractivity contribution in [3.8, 4) is 11.5 Å². The summed E-state index contributed by atoms with van der Waals surface area (Å²) >= 11 is 0. The number of nitrogens with one attached hydrogen (secondary N) is 1. The Kier molecular flexibility index (Phi) is 5.86.